The normalized spacial score (nSPS) is 12.6. The maximum Gasteiger partial charge on any atom is 0.0258 e. The van der Waals surface area contributed by atoms with Crippen LogP contribution in [0.5, 0.6) is 0 Å². The molecular formula is C15H17ClS. The average molecular weight is 265 g/mol. The second kappa shape index (κ2) is 6.23. The average Bonchev–Trinajstić information content (AvgIpc) is 2.84. The van der Waals surface area contributed by atoms with E-state index in [0.29, 0.717) is 5.92 Å². The summed E-state index contributed by atoms with van der Waals surface area (Å²) in [5, 5.41) is 4.35. The summed E-state index contributed by atoms with van der Waals surface area (Å²) in [6.45, 7) is 2.17. The van der Waals surface area contributed by atoms with Crippen LogP contribution in [-0.2, 0) is 12.8 Å². The molecule has 2 rings (SSSR count). The topological polar surface area (TPSA) is 0 Å². The van der Waals surface area contributed by atoms with E-state index in [1.165, 1.54) is 16.7 Å². The van der Waals surface area contributed by atoms with Crippen molar-refractivity contribution in [3.8, 4) is 0 Å². The molecular weight excluding hydrogens is 248 g/mol. The van der Waals surface area contributed by atoms with Gasteiger partial charge in [-0.25, -0.2) is 0 Å². The summed E-state index contributed by atoms with van der Waals surface area (Å²) in [6, 6.07) is 10.8. The Labute approximate surface area is 112 Å². The van der Waals surface area contributed by atoms with E-state index in [4.69, 9.17) is 11.6 Å². The fraction of sp³-hybridized carbons (Fsp3) is 0.333. The van der Waals surface area contributed by atoms with Gasteiger partial charge in [0, 0.05) is 5.88 Å². The van der Waals surface area contributed by atoms with Crippen LogP contribution in [0.25, 0.3) is 0 Å². The van der Waals surface area contributed by atoms with E-state index in [0.717, 1.165) is 18.7 Å². The minimum Gasteiger partial charge on any atom is -0.152 e. The number of halogens is 1. The molecule has 0 radical (unpaired) electrons. The molecule has 0 bridgehead atoms. The zero-order valence-electron chi connectivity index (χ0n) is 10.0. The molecule has 90 valence electrons. The Morgan fingerprint density at radius 2 is 2.00 bits per heavy atom. The first-order valence-electron chi connectivity index (χ1n) is 5.91. The SMILES string of the molecule is Cc1ccccc1CC(CCl)Cc1ccsc1. The maximum absolute atomic E-state index is 6.09. The standard InChI is InChI=1S/C15H17ClS/c1-12-4-2-3-5-15(12)9-14(10-16)8-13-6-7-17-11-13/h2-7,11,14H,8-10H2,1H3. The Bertz CT molecular complexity index is 448. The van der Waals surface area contributed by atoms with Crippen molar-refractivity contribution in [2.45, 2.75) is 19.8 Å². The van der Waals surface area contributed by atoms with E-state index in [9.17, 15) is 0 Å². The van der Waals surface area contributed by atoms with Gasteiger partial charge in [0.2, 0.25) is 0 Å². The number of alkyl halides is 1. The van der Waals surface area contributed by atoms with Gasteiger partial charge in [0.25, 0.3) is 0 Å². The summed E-state index contributed by atoms with van der Waals surface area (Å²) in [5.74, 6) is 1.26. The Hall–Kier alpha value is -0.790. The van der Waals surface area contributed by atoms with E-state index in [-0.39, 0.29) is 0 Å². The highest BCUT2D eigenvalue weighted by atomic mass is 35.5. The third-order valence-corrected chi connectivity index (χ3v) is 4.26. The highest BCUT2D eigenvalue weighted by Gasteiger charge is 2.11. The summed E-state index contributed by atoms with van der Waals surface area (Å²) in [4.78, 5) is 0. The lowest BCUT2D eigenvalue weighted by Crippen LogP contribution is -2.10. The van der Waals surface area contributed by atoms with E-state index in [1.807, 2.05) is 0 Å². The number of hydrogen-bond acceptors (Lipinski definition) is 1. The van der Waals surface area contributed by atoms with Gasteiger partial charge in [0.1, 0.15) is 0 Å². The molecule has 1 aromatic heterocycles. The van der Waals surface area contributed by atoms with Crippen molar-refractivity contribution in [3.63, 3.8) is 0 Å². The van der Waals surface area contributed by atoms with Gasteiger partial charge < -0.3 is 0 Å². The number of benzene rings is 1. The Balaban J connectivity index is 2.03. The highest BCUT2D eigenvalue weighted by molar-refractivity contribution is 7.07. The van der Waals surface area contributed by atoms with Gasteiger partial charge in [-0.15, -0.1) is 11.6 Å². The first kappa shape index (κ1) is 12.7. The molecule has 0 spiro atoms. The first-order valence-corrected chi connectivity index (χ1v) is 7.39. The smallest absolute Gasteiger partial charge is 0.0258 e. The van der Waals surface area contributed by atoms with E-state index >= 15 is 0 Å². The van der Waals surface area contributed by atoms with Crippen LogP contribution in [0.3, 0.4) is 0 Å². The second-order valence-corrected chi connectivity index (χ2v) is 5.58. The third kappa shape index (κ3) is 3.58. The van der Waals surface area contributed by atoms with Gasteiger partial charge in [-0.05, 0) is 59.2 Å². The number of thiophene rings is 1. The molecule has 0 nitrogen and oxygen atoms in total. The predicted octanol–water partition coefficient (Wildman–Crippen LogP) is 4.70. The highest BCUT2D eigenvalue weighted by Crippen LogP contribution is 2.19. The van der Waals surface area contributed by atoms with Crippen LogP contribution in [0.15, 0.2) is 41.1 Å². The van der Waals surface area contributed by atoms with Gasteiger partial charge in [0.15, 0.2) is 0 Å². The van der Waals surface area contributed by atoms with Gasteiger partial charge in [-0.3, -0.25) is 0 Å². The van der Waals surface area contributed by atoms with Gasteiger partial charge in [0.05, 0.1) is 0 Å². The molecule has 0 saturated heterocycles. The van der Waals surface area contributed by atoms with Crippen molar-refractivity contribution < 1.29 is 0 Å². The molecule has 17 heavy (non-hydrogen) atoms. The number of aryl methyl sites for hydroxylation is 1. The molecule has 2 aromatic rings. The minimum atomic E-state index is 0.535. The van der Waals surface area contributed by atoms with Gasteiger partial charge >= 0.3 is 0 Å². The quantitative estimate of drug-likeness (QED) is 0.687. The van der Waals surface area contributed by atoms with Crippen molar-refractivity contribution in [2.75, 3.05) is 5.88 Å². The molecule has 0 N–H and O–H groups in total. The predicted molar refractivity (Wildman–Crippen MR) is 77.1 cm³/mol. The molecule has 0 fully saturated rings. The summed E-state index contributed by atoms with van der Waals surface area (Å²) < 4.78 is 0. The summed E-state index contributed by atoms with van der Waals surface area (Å²) >= 11 is 7.85. The van der Waals surface area contributed by atoms with Crippen molar-refractivity contribution in [3.05, 3.63) is 57.8 Å². The molecule has 1 heterocycles. The monoisotopic (exact) mass is 264 g/mol. The van der Waals surface area contributed by atoms with Crippen LogP contribution in [0.1, 0.15) is 16.7 Å². The van der Waals surface area contributed by atoms with Crippen molar-refractivity contribution in [1.82, 2.24) is 0 Å². The summed E-state index contributed by atoms with van der Waals surface area (Å²) in [5.41, 5.74) is 4.20. The summed E-state index contributed by atoms with van der Waals surface area (Å²) in [6.07, 6.45) is 2.16. The van der Waals surface area contributed by atoms with Crippen LogP contribution in [0, 0.1) is 12.8 Å². The fourth-order valence-corrected chi connectivity index (χ4v) is 2.97. The van der Waals surface area contributed by atoms with Gasteiger partial charge in [-0.1, -0.05) is 24.3 Å². The van der Waals surface area contributed by atoms with Crippen LogP contribution in [0.2, 0.25) is 0 Å². The molecule has 1 aromatic carbocycles. The largest absolute Gasteiger partial charge is 0.152 e. The Morgan fingerprint density at radius 1 is 1.18 bits per heavy atom. The lowest BCUT2D eigenvalue weighted by atomic mass is 9.93. The Kier molecular flexibility index (Phi) is 4.64. The van der Waals surface area contributed by atoms with E-state index < -0.39 is 0 Å². The van der Waals surface area contributed by atoms with Crippen LogP contribution in [-0.4, -0.2) is 5.88 Å². The van der Waals surface area contributed by atoms with Crippen molar-refractivity contribution in [1.29, 1.82) is 0 Å². The van der Waals surface area contributed by atoms with E-state index in [2.05, 4.69) is 48.0 Å². The van der Waals surface area contributed by atoms with Crippen LogP contribution in [0.4, 0.5) is 0 Å². The molecule has 0 aliphatic heterocycles. The maximum atomic E-state index is 6.09. The molecule has 1 atom stereocenters. The van der Waals surface area contributed by atoms with E-state index in [1.54, 1.807) is 11.3 Å². The third-order valence-electron chi connectivity index (χ3n) is 3.09. The van der Waals surface area contributed by atoms with Gasteiger partial charge in [-0.2, -0.15) is 11.3 Å². The number of rotatable bonds is 5. The molecule has 1 unspecified atom stereocenters. The zero-order chi connectivity index (χ0) is 12.1. The lowest BCUT2D eigenvalue weighted by molar-refractivity contribution is 0.583. The second-order valence-electron chi connectivity index (χ2n) is 4.49. The number of hydrogen-bond donors (Lipinski definition) is 0. The Morgan fingerprint density at radius 3 is 2.65 bits per heavy atom. The zero-order valence-corrected chi connectivity index (χ0v) is 11.6. The van der Waals surface area contributed by atoms with Crippen molar-refractivity contribution in [2.24, 2.45) is 5.92 Å². The minimum absolute atomic E-state index is 0.535. The lowest BCUT2D eigenvalue weighted by Gasteiger charge is -2.14. The molecule has 0 saturated carbocycles. The van der Waals surface area contributed by atoms with Crippen LogP contribution >= 0.6 is 22.9 Å². The molecule has 0 aliphatic carbocycles. The molecule has 2 heteroatoms. The first-order chi connectivity index (χ1) is 8.29. The summed E-state index contributed by atoms with van der Waals surface area (Å²) in [7, 11) is 0. The fourth-order valence-electron chi connectivity index (χ4n) is 2.07. The molecule has 0 amide bonds. The van der Waals surface area contributed by atoms with Crippen molar-refractivity contribution >= 4 is 22.9 Å². The van der Waals surface area contributed by atoms with Crippen LogP contribution < -0.4 is 0 Å². The molecule has 0 aliphatic rings.